The van der Waals surface area contributed by atoms with Crippen molar-refractivity contribution in [2.75, 3.05) is 0 Å². The molecule has 6 N–H and O–H groups in total. The van der Waals surface area contributed by atoms with Crippen LogP contribution in [0.1, 0.15) is 18.5 Å². The van der Waals surface area contributed by atoms with Gasteiger partial charge in [-0.15, -0.1) is 0 Å². The number of carbonyl (C=O) groups is 3. The molecule has 20 heavy (non-hydrogen) atoms. The molecular formula is C11H16N4O5. The van der Waals surface area contributed by atoms with Crippen molar-refractivity contribution in [1.29, 1.82) is 0 Å². The number of hydrogen-bond acceptors (Lipinski definition) is 5. The lowest BCUT2D eigenvalue weighted by molar-refractivity contribution is -0.142. The van der Waals surface area contributed by atoms with E-state index in [4.69, 9.17) is 15.9 Å². The summed E-state index contributed by atoms with van der Waals surface area (Å²) in [5, 5.41) is 26.1. The molecule has 0 fully saturated rings. The SMILES string of the molecule is N[C@@H](CCC(=O)O)C(=O)N[C@@H](Cc1ccn[nH]1)C(=O)O. The van der Waals surface area contributed by atoms with Crippen LogP contribution in [-0.4, -0.2) is 50.3 Å². The van der Waals surface area contributed by atoms with Gasteiger partial charge in [-0.05, 0) is 12.5 Å². The Kier molecular flexibility index (Phi) is 5.66. The van der Waals surface area contributed by atoms with Gasteiger partial charge >= 0.3 is 11.9 Å². The molecule has 0 aromatic carbocycles. The Hall–Kier alpha value is -2.42. The average Bonchev–Trinajstić information content (AvgIpc) is 2.87. The fourth-order valence-corrected chi connectivity index (χ4v) is 1.51. The number of amides is 1. The maximum absolute atomic E-state index is 11.7. The van der Waals surface area contributed by atoms with Crippen molar-refractivity contribution >= 4 is 17.8 Å². The standard InChI is InChI=1S/C11H16N4O5/c12-7(1-2-9(16)17)10(18)14-8(11(19)20)5-6-3-4-13-15-6/h3-4,7-8H,1-2,5,12H2,(H,13,15)(H,14,18)(H,16,17)(H,19,20)/t7-,8-/m0/s1. The number of nitrogens with one attached hydrogen (secondary N) is 2. The third kappa shape index (κ3) is 5.06. The lowest BCUT2D eigenvalue weighted by atomic mass is 10.1. The fraction of sp³-hybridized carbons (Fsp3) is 0.455. The fourth-order valence-electron chi connectivity index (χ4n) is 1.51. The smallest absolute Gasteiger partial charge is 0.326 e. The highest BCUT2D eigenvalue weighted by Crippen LogP contribution is 2.01. The third-order valence-corrected chi connectivity index (χ3v) is 2.60. The van der Waals surface area contributed by atoms with Crippen LogP contribution in [0.25, 0.3) is 0 Å². The predicted octanol–water partition coefficient (Wildman–Crippen LogP) is -1.29. The Bertz CT molecular complexity index is 473. The summed E-state index contributed by atoms with van der Waals surface area (Å²) in [4.78, 5) is 33.1. The van der Waals surface area contributed by atoms with E-state index in [0.29, 0.717) is 5.69 Å². The number of aliphatic carboxylic acids is 2. The van der Waals surface area contributed by atoms with Gasteiger partial charge in [-0.2, -0.15) is 5.10 Å². The molecule has 1 amide bonds. The van der Waals surface area contributed by atoms with E-state index in [9.17, 15) is 14.4 Å². The number of aromatic nitrogens is 2. The molecule has 1 heterocycles. The number of carboxylic acids is 2. The van der Waals surface area contributed by atoms with Crippen LogP contribution in [-0.2, 0) is 20.8 Å². The highest BCUT2D eigenvalue weighted by molar-refractivity contribution is 5.87. The van der Waals surface area contributed by atoms with Crippen molar-refractivity contribution in [3.05, 3.63) is 18.0 Å². The van der Waals surface area contributed by atoms with E-state index < -0.39 is 29.9 Å². The average molecular weight is 284 g/mol. The molecule has 0 radical (unpaired) electrons. The van der Waals surface area contributed by atoms with E-state index in [-0.39, 0.29) is 19.3 Å². The van der Waals surface area contributed by atoms with Crippen LogP contribution in [0.5, 0.6) is 0 Å². The summed E-state index contributed by atoms with van der Waals surface area (Å²) in [7, 11) is 0. The summed E-state index contributed by atoms with van der Waals surface area (Å²) in [5.41, 5.74) is 6.05. The van der Waals surface area contributed by atoms with Gasteiger partial charge < -0.3 is 21.3 Å². The van der Waals surface area contributed by atoms with Crippen molar-refractivity contribution in [2.45, 2.75) is 31.3 Å². The zero-order chi connectivity index (χ0) is 15.1. The molecule has 1 rings (SSSR count). The molecule has 9 heteroatoms. The van der Waals surface area contributed by atoms with Gasteiger partial charge in [0.1, 0.15) is 6.04 Å². The zero-order valence-electron chi connectivity index (χ0n) is 10.6. The van der Waals surface area contributed by atoms with Crippen LogP contribution in [0.15, 0.2) is 12.3 Å². The number of aromatic amines is 1. The van der Waals surface area contributed by atoms with Crippen LogP contribution < -0.4 is 11.1 Å². The predicted molar refractivity (Wildman–Crippen MR) is 66.7 cm³/mol. The first kappa shape index (κ1) is 15.6. The summed E-state index contributed by atoms with van der Waals surface area (Å²) < 4.78 is 0. The third-order valence-electron chi connectivity index (χ3n) is 2.60. The lowest BCUT2D eigenvalue weighted by Crippen LogP contribution is -2.49. The number of carbonyl (C=O) groups excluding carboxylic acids is 1. The summed E-state index contributed by atoms with van der Waals surface area (Å²) in [5.74, 6) is -2.97. The molecule has 0 unspecified atom stereocenters. The molecular weight excluding hydrogens is 268 g/mol. The summed E-state index contributed by atoms with van der Waals surface area (Å²) in [6, 6.07) is -0.625. The number of hydrogen-bond donors (Lipinski definition) is 5. The Morgan fingerprint density at radius 3 is 2.60 bits per heavy atom. The molecule has 1 aromatic rings. The normalized spacial score (nSPS) is 13.4. The van der Waals surface area contributed by atoms with E-state index in [1.807, 2.05) is 0 Å². The van der Waals surface area contributed by atoms with E-state index in [1.165, 1.54) is 6.20 Å². The molecule has 2 atom stereocenters. The first-order valence-corrected chi connectivity index (χ1v) is 5.89. The Morgan fingerprint density at radius 1 is 1.40 bits per heavy atom. The van der Waals surface area contributed by atoms with Crippen molar-refractivity contribution in [1.82, 2.24) is 15.5 Å². The Labute approximate surface area is 114 Å². The van der Waals surface area contributed by atoms with Gasteiger partial charge in [-0.3, -0.25) is 14.7 Å². The number of H-pyrrole nitrogens is 1. The zero-order valence-corrected chi connectivity index (χ0v) is 10.6. The van der Waals surface area contributed by atoms with E-state index in [1.54, 1.807) is 6.07 Å². The molecule has 0 saturated carbocycles. The number of rotatable bonds is 8. The molecule has 1 aromatic heterocycles. The van der Waals surface area contributed by atoms with Gasteiger partial charge in [0.15, 0.2) is 0 Å². The molecule has 0 spiro atoms. The molecule has 0 aliphatic heterocycles. The minimum atomic E-state index is -1.21. The Balaban J connectivity index is 2.54. The van der Waals surface area contributed by atoms with Crippen LogP contribution in [0, 0.1) is 0 Å². The second-order valence-electron chi connectivity index (χ2n) is 4.22. The largest absolute Gasteiger partial charge is 0.481 e. The molecule has 0 saturated heterocycles. The first-order chi connectivity index (χ1) is 9.40. The van der Waals surface area contributed by atoms with Gasteiger partial charge in [0.2, 0.25) is 5.91 Å². The van der Waals surface area contributed by atoms with Crippen LogP contribution in [0.4, 0.5) is 0 Å². The molecule has 0 aliphatic rings. The minimum Gasteiger partial charge on any atom is -0.481 e. The maximum atomic E-state index is 11.7. The second kappa shape index (κ2) is 7.24. The van der Waals surface area contributed by atoms with Crippen molar-refractivity contribution in [3.8, 4) is 0 Å². The number of nitrogens with zero attached hydrogens (tertiary/aromatic N) is 1. The molecule has 110 valence electrons. The monoisotopic (exact) mass is 284 g/mol. The summed E-state index contributed by atoms with van der Waals surface area (Å²) in [6.45, 7) is 0. The molecule has 0 aliphatic carbocycles. The lowest BCUT2D eigenvalue weighted by Gasteiger charge is -2.16. The van der Waals surface area contributed by atoms with Gasteiger partial charge in [0.25, 0.3) is 0 Å². The summed E-state index contributed by atoms with van der Waals surface area (Å²) in [6.07, 6.45) is 1.19. The van der Waals surface area contributed by atoms with Crippen LogP contribution in [0.3, 0.4) is 0 Å². The maximum Gasteiger partial charge on any atom is 0.326 e. The topological polar surface area (TPSA) is 158 Å². The minimum absolute atomic E-state index is 0.0344. The summed E-state index contributed by atoms with van der Waals surface area (Å²) >= 11 is 0. The van der Waals surface area contributed by atoms with Gasteiger partial charge in [0, 0.05) is 24.7 Å². The van der Waals surface area contributed by atoms with Gasteiger partial charge in [-0.25, -0.2) is 4.79 Å². The Morgan fingerprint density at radius 2 is 2.10 bits per heavy atom. The van der Waals surface area contributed by atoms with Gasteiger partial charge in [0.05, 0.1) is 6.04 Å². The quantitative estimate of drug-likeness (QED) is 0.397. The second-order valence-corrected chi connectivity index (χ2v) is 4.22. The van der Waals surface area contributed by atoms with Crippen LogP contribution >= 0.6 is 0 Å². The molecule has 9 nitrogen and oxygen atoms in total. The van der Waals surface area contributed by atoms with Crippen molar-refractivity contribution < 1.29 is 24.6 Å². The first-order valence-electron chi connectivity index (χ1n) is 5.89. The van der Waals surface area contributed by atoms with E-state index in [2.05, 4.69) is 15.5 Å². The van der Waals surface area contributed by atoms with Crippen LogP contribution in [0.2, 0.25) is 0 Å². The highest BCUT2D eigenvalue weighted by atomic mass is 16.4. The number of nitrogens with two attached hydrogens (primary N) is 1. The molecule has 0 bridgehead atoms. The van der Waals surface area contributed by atoms with Crippen molar-refractivity contribution in [2.24, 2.45) is 5.73 Å². The number of carboxylic acid groups (broad SMARTS) is 2. The highest BCUT2D eigenvalue weighted by Gasteiger charge is 2.24. The van der Waals surface area contributed by atoms with E-state index in [0.717, 1.165) is 0 Å². The van der Waals surface area contributed by atoms with Crippen molar-refractivity contribution in [3.63, 3.8) is 0 Å². The van der Waals surface area contributed by atoms with Gasteiger partial charge in [-0.1, -0.05) is 0 Å². The van der Waals surface area contributed by atoms with E-state index >= 15 is 0 Å².